The van der Waals surface area contributed by atoms with Crippen molar-refractivity contribution in [3.63, 3.8) is 0 Å². The first-order valence-electron chi connectivity index (χ1n) is 7.40. The SMILES string of the molecule is CC1CCC(Nc2ncnc3ccc(N)cc23)C(C)C1. The predicted octanol–water partition coefficient (Wildman–Crippen LogP) is 3.45. The third kappa shape index (κ3) is 2.55. The number of hydrogen-bond donors (Lipinski definition) is 2. The summed E-state index contributed by atoms with van der Waals surface area (Å²) in [6.07, 6.45) is 5.39. The van der Waals surface area contributed by atoms with E-state index in [1.54, 1.807) is 6.33 Å². The second-order valence-corrected chi connectivity index (χ2v) is 6.15. The first-order chi connectivity index (χ1) is 9.63. The lowest BCUT2D eigenvalue weighted by molar-refractivity contribution is 0.276. The average molecular weight is 270 g/mol. The minimum absolute atomic E-state index is 0.491. The molecule has 1 heterocycles. The zero-order valence-corrected chi connectivity index (χ0v) is 12.1. The van der Waals surface area contributed by atoms with E-state index in [-0.39, 0.29) is 0 Å². The van der Waals surface area contributed by atoms with E-state index in [1.807, 2.05) is 18.2 Å². The van der Waals surface area contributed by atoms with Gasteiger partial charge in [0.1, 0.15) is 12.1 Å². The molecule has 3 rings (SSSR count). The number of benzene rings is 1. The Hall–Kier alpha value is -1.84. The Morgan fingerprint density at radius 1 is 1.20 bits per heavy atom. The summed E-state index contributed by atoms with van der Waals surface area (Å²) in [6.45, 7) is 4.67. The number of rotatable bonds is 2. The summed E-state index contributed by atoms with van der Waals surface area (Å²) in [4.78, 5) is 8.72. The summed E-state index contributed by atoms with van der Waals surface area (Å²) in [5.74, 6) is 2.42. The van der Waals surface area contributed by atoms with Gasteiger partial charge >= 0.3 is 0 Å². The van der Waals surface area contributed by atoms with E-state index in [1.165, 1.54) is 19.3 Å². The molecule has 0 aliphatic heterocycles. The largest absolute Gasteiger partial charge is 0.399 e. The molecule has 1 saturated carbocycles. The highest BCUT2D eigenvalue weighted by Crippen LogP contribution is 2.32. The highest BCUT2D eigenvalue weighted by molar-refractivity contribution is 5.91. The van der Waals surface area contributed by atoms with Gasteiger partial charge in [0.05, 0.1) is 5.52 Å². The lowest BCUT2D eigenvalue weighted by Gasteiger charge is -2.33. The number of nitrogen functional groups attached to an aromatic ring is 1. The molecule has 1 fully saturated rings. The molecule has 3 N–H and O–H groups in total. The second-order valence-electron chi connectivity index (χ2n) is 6.15. The van der Waals surface area contributed by atoms with Crippen molar-refractivity contribution in [2.75, 3.05) is 11.1 Å². The summed E-state index contributed by atoms with van der Waals surface area (Å²) < 4.78 is 0. The molecule has 2 aromatic rings. The summed E-state index contributed by atoms with van der Waals surface area (Å²) in [6, 6.07) is 6.27. The number of nitrogens with zero attached hydrogens (tertiary/aromatic N) is 2. The van der Waals surface area contributed by atoms with E-state index in [2.05, 4.69) is 29.1 Å². The summed E-state index contributed by atoms with van der Waals surface area (Å²) in [7, 11) is 0. The van der Waals surface area contributed by atoms with Gasteiger partial charge in [0.2, 0.25) is 0 Å². The van der Waals surface area contributed by atoms with Crippen LogP contribution in [0.1, 0.15) is 33.1 Å². The van der Waals surface area contributed by atoms with Crippen LogP contribution in [0.3, 0.4) is 0 Å². The zero-order chi connectivity index (χ0) is 14.1. The predicted molar refractivity (Wildman–Crippen MR) is 83.5 cm³/mol. The van der Waals surface area contributed by atoms with Gasteiger partial charge in [-0.25, -0.2) is 9.97 Å². The smallest absolute Gasteiger partial charge is 0.137 e. The van der Waals surface area contributed by atoms with Crippen LogP contribution < -0.4 is 11.1 Å². The Kier molecular flexibility index (Phi) is 3.47. The van der Waals surface area contributed by atoms with Crippen LogP contribution in [0, 0.1) is 11.8 Å². The molecule has 3 unspecified atom stereocenters. The second kappa shape index (κ2) is 5.27. The Balaban J connectivity index is 1.89. The molecule has 1 aromatic heterocycles. The average Bonchev–Trinajstić information content (AvgIpc) is 2.42. The van der Waals surface area contributed by atoms with Gasteiger partial charge < -0.3 is 11.1 Å². The molecule has 1 aliphatic carbocycles. The molecular formula is C16H22N4. The molecule has 4 nitrogen and oxygen atoms in total. The van der Waals surface area contributed by atoms with Crippen LogP contribution in [0.25, 0.3) is 10.9 Å². The van der Waals surface area contributed by atoms with Gasteiger partial charge in [0.25, 0.3) is 0 Å². The van der Waals surface area contributed by atoms with Gasteiger partial charge in [-0.3, -0.25) is 0 Å². The highest BCUT2D eigenvalue weighted by atomic mass is 15.0. The molecule has 0 bridgehead atoms. The lowest BCUT2D eigenvalue weighted by Crippen LogP contribution is -2.33. The molecule has 0 spiro atoms. The van der Waals surface area contributed by atoms with Gasteiger partial charge in [-0.05, 0) is 49.3 Å². The van der Waals surface area contributed by atoms with E-state index in [9.17, 15) is 0 Å². The highest BCUT2D eigenvalue weighted by Gasteiger charge is 2.25. The van der Waals surface area contributed by atoms with Crippen LogP contribution in [0.2, 0.25) is 0 Å². The monoisotopic (exact) mass is 270 g/mol. The molecular weight excluding hydrogens is 248 g/mol. The minimum atomic E-state index is 0.491. The standard InChI is InChI=1S/C16H22N4/c1-10-3-5-14(11(2)7-10)20-16-13-8-12(17)4-6-15(13)18-9-19-16/h4,6,8-11,14H,3,5,7,17H2,1-2H3,(H,18,19,20). The van der Waals surface area contributed by atoms with Gasteiger partial charge in [0, 0.05) is 17.1 Å². The maximum absolute atomic E-state index is 5.89. The van der Waals surface area contributed by atoms with Crippen LogP contribution in [0.5, 0.6) is 0 Å². The molecule has 0 radical (unpaired) electrons. The van der Waals surface area contributed by atoms with Crippen LogP contribution in [0.15, 0.2) is 24.5 Å². The quantitative estimate of drug-likeness (QED) is 0.820. The lowest BCUT2D eigenvalue weighted by atomic mass is 9.80. The van der Waals surface area contributed by atoms with E-state index >= 15 is 0 Å². The molecule has 106 valence electrons. The Labute approximate surface area is 119 Å². The first-order valence-corrected chi connectivity index (χ1v) is 7.40. The first kappa shape index (κ1) is 13.2. The fourth-order valence-corrected chi connectivity index (χ4v) is 3.24. The Morgan fingerprint density at radius 2 is 2.05 bits per heavy atom. The maximum atomic E-state index is 5.89. The van der Waals surface area contributed by atoms with E-state index < -0.39 is 0 Å². The number of anilines is 2. The summed E-state index contributed by atoms with van der Waals surface area (Å²) in [5, 5.41) is 4.63. The van der Waals surface area contributed by atoms with Crippen LogP contribution >= 0.6 is 0 Å². The molecule has 1 aliphatic rings. The van der Waals surface area contributed by atoms with Crippen molar-refractivity contribution >= 4 is 22.4 Å². The summed E-state index contributed by atoms with van der Waals surface area (Å²) >= 11 is 0. The minimum Gasteiger partial charge on any atom is -0.399 e. The molecule has 1 aromatic carbocycles. The number of aromatic nitrogens is 2. The van der Waals surface area contributed by atoms with Gasteiger partial charge in [-0.2, -0.15) is 0 Å². The third-order valence-electron chi connectivity index (χ3n) is 4.41. The van der Waals surface area contributed by atoms with Gasteiger partial charge in [-0.15, -0.1) is 0 Å². The maximum Gasteiger partial charge on any atom is 0.137 e. The summed E-state index contributed by atoms with van der Waals surface area (Å²) in [5.41, 5.74) is 7.58. The van der Waals surface area contributed by atoms with Crippen LogP contribution in [-0.2, 0) is 0 Å². The van der Waals surface area contributed by atoms with Crippen molar-refractivity contribution in [2.45, 2.75) is 39.2 Å². The van der Waals surface area contributed by atoms with Crippen molar-refractivity contribution in [3.05, 3.63) is 24.5 Å². The number of nitrogens with one attached hydrogen (secondary N) is 1. The van der Waals surface area contributed by atoms with Crippen molar-refractivity contribution in [1.29, 1.82) is 0 Å². The van der Waals surface area contributed by atoms with Gasteiger partial charge in [0.15, 0.2) is 0 Å². The van der Waals surface area contributed by atoms with E-state index in [0.717, 1.165) is 28.3 Å². The number of hydrogen-bond acceptors (Lipinski definition) is 4. The van der Waals surface area contributed by atoms with Crippen molar-refractivity contribution in [2.24, 2.45) is 11.8 Å². The molecule has 3 atom stereocenters. The fraction of sp³-hybridized carbons (Fsp3) is 0.500. The topological polar surface area (TPSA) is 63.8 Å². The van der Waals surface area contributed by atoms with Crippen molar-refractivity contribution in [3.8, 4) is 0 Å². The third-order valence-corrected chi connectivity index (χ3v) is 4.41. The van der Waals surface area contributed by atoms with Crippen LogP contribution in [0.4, 0.5) is 11.5 Å². The van der Waals surface area contributed by atoms with E-state index in [4.69, 9.17) is 5.73 Å². The molecule has 4 heteroatoms. The fourth-order valence-electron chi connectivity index (χ4n) is 3.24. The molecule has 20 heavy (non-hydrogen) atoms. The molecule has 0 amide bonds. The normalized spacial score (nSPS) is 26.6. The number of fused-ring (bicyclic) bond motifs is 1. The Bertz CT molecular complexity index is 610. The number of nitrogens with two attached hydrogens (primary N) is 1. The van der Waals surface area contributed by atoms with E-state index in [0.29, 0.717) is 12.0 Å². The van der Waals surface area contributed by atoms with Crippen LogP contribution in [-0.4, -0.2) is 16.0 Å². The van der Waals surface area contributed by atoms with Gasteiger partial charge in [-0.1, -0.05) is 13.8 Å². The Morgan fingerprint density at radius 3 is 2.85 bits per heavy atom. The zero-order valence-electron chi connectivity index (χ0n) is 12.1. The van der Waals surface area contributed by atoms with Crippen molar-refractivity contribution < 1.29 is 0 Å². The molecule has 0 saturated heterocycles. The van der Waals surface area contributed by atoms with Crippen molar-refractivity contribution in [1.82, 2.24) is 9.97 Å².